The number of halogens is 5. The number of hydrogen-bond donors (Lipinski definition) is 1. The van der Waals surface area contributed by atoms with Gasteiger partial charge in [0.2, 0.25) is 0 Å². The van der Waals surface area contributed by atoms with Crippen molar-refractivity contribution < 1.29 is 26.7 Å². The number of carbonyl (C=O) groups excluding carboxylic acids is 1. The topological polar surface area (TPSA) is 46.9 Å². The molecule has 1 amide bonds. The molecule has 0 bridgehead atoms. The van der Waals surface area contributed by atoms with Gasteiger partial charge in [0.15, 0.2) is 0 Å². The first-order chi connectivity index (χ1) is 13.7. The Labute approximate surface area is 165 Å². The van der Waals surface area contributed by atoms with Gasteiger partial charge in [0.1, 0.15) is 5.69 Å². The fraction of sp³-hybridized carbons (Fsp3) is 0.500. The molecule has 1 aromatic heterocycles. The number of aryl methyl sites for hydroxylation is 1. The molecular weight excluding hydrogens is 393 g/mol. The number of amides is 1. The summed E-state index contributed by atoms with van der Waals surface area (Å²) >= 11 is 0. The zero-order chi connectivity index (χ0) is 21.2. The van der Waals surface area contributed by atoms with Crippen LogP contribution in [-0.2, 0) is 13.2 Å². The van der Waals surface area contributed by atoms with Gasteiger partial charge in [-0.25, -0.2) is 8.78 Å². The highest BCUT2D eigenvalue weighted by Gasteiger charge is 2.38. The van der Waals surface area contributed by atoms with Gasteiger partial charge in [0.25, 0.3) is 12.3 Å². The Kier molecular flexibility index (Phi) is 6.24. The van der Waals surface area contributed by atoms with E-state index in [0.717, 1.165) is 36.2 Å². The van der Waals surface area contributed by atoms with Crippen LogP contribution in [0.2, 0.25) is 0 Å². The Morgan fingerprint density at radius 1 is 1.17 bits per heavy atom. The maximum absolute atomic E-state index is 13.5. The van der Waals surface area contributed by atoms with Crippen LogP contribution in [0.5, 0.6) is 0 Å². The second-order valence-electron chi connectivity index (χ2n) is 7.28. The minimum atomic E-state index is -4.51. The molecule has 9 heteroatoms. The van der Waals surface area contributed by atoms with Crippen molar-refractivity contribution in [3.05, 3.63) is 52.8 Å². The van der Waals surface area contributed by atoms with Crippen LogP contribution in [0, 0.1) is 0 Å². The van der Waals surface area contributed by atoms with Crippen LogP contribution in [-0.4, -0.2) is 21.7 Å². The van der Waals surface area contributed by atoms with E-state index < -0.39 is 41.7 Å². The maximum Gasteiger partial charge on any atom is 0.416 e. The van der Waals surface area contributed by atoms with Gasteiger partial charge in [-0.05, 0) is 24.5 Å². The normalized spacial score (nSPS) is 20.5. The van der Waals surface area contributed by atoms with Gasteiger partial charge in [-0.2, -0.15) is 18.3 Å². The lowest BCUT2D eigenvalue weighted by Gasteiger charge is -2.29. The third-order valence-electron chi connectivity index (χ3n) is 5.43. The molecule has 1 heterocycles. The van der Waals surface area contributed by atoms with Crippen LogP contribution in [0.4, 0.5) is 22.0 Å². The molecule has 158 valence electrons. The van der Waals surface area contributed by atoms with Crippen molar-refractivity contribution in [3.63, 3.8) is 0 Å². The van der Waals surface area contributed by atoms with Crippen molar-refractivity contribution >= 4 is 5.91 Å². The molecule has 0 aliphatic heterocycles. The SMILES string of the molecule is Cn1ncc(C(=O)N[C@@H]2CCCCC[C@@H]2c2ccccc2C(F)(F)F)c1C(F)F. The molecule has 1 aliphatic rings. The average Bonchev–Trinajstić information content (AvgIpc) is 2.90. The van der Waals surface area contributed by atoms with Crippen LogP contribution in [0.15, 0.2) is 30.5 Å². The second kappa shape index (κ2) is 8.51. The minimum absolute atomic E-state index is 0.132. The molecule has 3 rings (SSSR count). The number of benzene rings is 1. The zero-order valence-corrected chi connectivity index (χ0v) is 15.8. The summed E-state index contributed by atoms with van der Waals surface area (Å²) < 4.78 is 68.1. The lowest BCUT2D eigenvalue weighted by Crippen LogP contribution is -2.39. The van der Waals surface area contributed by atoms with Crippen LogP contribution in [0.3, 0.4) is 0 Å². The number of alkyl halides is 5. The van der Waals surface area contributed by atoms with Gasteiger partial charge in [0.05, 0.1) is 17.3 Å². The fourth-order valence-corrected chi connectivity index (χ4v) is 4.06. The van der Waals surface area contributed by atoms with Crippen molar-refractivity contribution in [2.24, 2.45) is 7.05 Å². The van der Waals surface area contributed by atoms with Crippen LogP contribution < -0.4 is 5.32 Å². The van der Waals surface area contributed by atoms with Crippen molar-refractivity contribution in [2.45, 2.75) is 56.7 Å². The summed E-state index contributed by atoms with van der Waals surface area (Å²) in [5.41, 5.74) is -1.36. The molecule has 0 unspecified atom stereocenters. The molecule has 2 aromatic rings. The molecule has 29 heavy (non-hydrogen) atoms. The molecule has 2 atom stereocenters. The molecule has 1 aliphatic carbocycles. The van der Waals surface area contributed by atoms with E-state index in [1.54, 1.807) is 6.07 Å². The van der Waals surface area contributed by atoms with Crippen molar-refractivity contribution in [2.75, 3.05) is 0 Å². The van der Waals surface area contributed by atoms with Crippen LogP contribution in [0.25, 0.3) is 0 Å². The highest BCUT2D eigenvalue weighted by Crippen LogP contribution is 2.40. The summed E-state index contributed by atoms with van der Waals surface area (Å²) in [6.07, 6.45) is -3.07. The van der Waals surface area contributed by atoms with Crippen molar-refractivity contribution in [1.82, 2.24) is 15.1 Å². The molecule has 0 radical (unpaired) electrons. The first-order valence-electron chi connectivity index (χ1n) is 9.47. The molecule has 1 saturated carbocycles. The lowest BCUT2D eigenvalue weighted by atomic mass is 9.84. The van der Waals surface area contributed by atoms with E-state index in [0.29, 0.717) is 12.8 Å². The van der Waals surface area contributed by atoms with Crippen molar-refractivity contribution in [3.8, 4) is 0 Å². The van der Waals surface area contributed by atoms with Gasteiger partial charge >= 0.3 is 6.18 Å². The number of nitrogens with zero attached hydrogens (tertiary/aromatic N) is 2. The number of nitrogens with one attached hydrogen (secondary N) is 1. The lowest BCUT2D eigenvalue weighted by molar-refractivity contribution is -0.138. The predicted octanol–water partition coefficient (Wildman–Crippen LogP) is 5.22. The van der Waals surface area contributed by atoms with E-state index in [-0.39, 0.29) is 11.1 Å². The number of hydrogen-bond acceptors (Lipinski definition) is 2. The monoisotopic (exact) mass is 415 g/mol. The fourth-order valence-electron chi connectivity index (χ4n) is 4.06. The summed E-state index contributed by atoms with van der Waals surface area (Å²) in [5, 5.41) is 6.44. The average molecular weight is 415 g/mol. The maximum atomic E-state index is 13.5. The second-order valence-corrected chi connectivity index (χ2v) is 7.28. The quantitative estimate of drug-likeness (QED) is 0.550. The van der Waals surface area contributed by atoms with E-state index in [2.05, 4.69) is 10.4 Å². The van der Waals surface area contributed by atoms with Gasteiger partial charge in [0, 0.05) is 19.0 Å². The summed E-state index contributed by atoms with van der Waals surface area (Å²) in [6.45, 7) is 0. The Balaban J connectivity index is 1.92. The van der Waals surface area contributed by atoms with E-state index in [9.17, 15) is 26.7 Å². The smallest absolute Gasteiger partial charge is 0.349 e. The van der Waals surface area contributed by atoms with Gasteiger partial charge in [-0.3, -0.25) is 9.48 Å². The molecule has 1 N–H and O–H groups in total. The first-order valence-corrected chi connectivity index (χ1v) is 9.47. The number of aromatic nitrogens is 2. The summed E-state index contributed by atoms with van der Waals surface area (Å²) in [4.78, 5) is 12.7. The summed E-state index contributed by atoms with van der Waals surface area (Å²) in [5.74, 6) is -1.29. The Morgan fingerprint density at radius 2 is 1.86 bits per heavy atom. The minimum Gasteiger partial charge on any atom is -0.349 e. The molecular formula is C20H22F5N3O. The third-order valence-corrected chi connectivity index (χ3v) is 5.43. The van der Waals surface area contributed by atoms with Gasteiger partial charge in [-0.1, -0.05) is 37.5 Å². The third kappa shape index (κ3) is 4.59. The molecule has 0 saturated heterocycles. The number of rotatable bonds is 4. The number of carbonyl (C=O) groups is 1. The summed E-state index contributed by atoms with van der Waals surface area (Å²) in [6, 6.07) is 4.77. The molecule has 1 aromatic carbocycles. The first kappa shape index (κ1) is 21.3. The van der Waals surface area contributed by atoms with E-state index in [1.165, 1.54) is 19.2 Å². The molecule has 4 nitrogen and oxygen atoms in total. The van der Waals surface area contributed by atoms with Crippen LogP contribution in [0.1, 0.15) is 71.6 Å². The Morgan fingerprint density at radius 3 is 2.55 bits per heavy atom. The Hall–Kier alpha value is -2.45. The predicted molar refractivity (Wildman–Crippen MR) is 96.7 cm³/mol. The highest BCUT2D eigenvalue weighted by molar-refractivity contribution is 5.95. The van der Waals surface area contributed by atoms with Gasteiger partial charge in [-0.15, -0.1) is 0 Å². The van der Waals surface area contributed by atoms with Gasteiger partial charge < -0.3 is 5.32 Å². The largest absolute Gasteiger partial charge is 0.416 e. The van der Waals surface area contributed by atoms with E-state index >= 15 is 0 Å². The molecule has 1 fully saturated rings. The van der Waals surface area contributed by atoms with Crippen molar-refractivity contribution in [1.29, 1.82) is 0 Å². The van der Waals surface area contributed by atoms with E-state index in [4.69, 9.17) is 0 Å². The standard InChI is InChI=1S/C20H22F5N3O/c1-28-17(18(21)22)14(11-26-28)19(29)27-16-10-4-2-3-8-13(16)12-7-5-6-9-15(12)20(23,24)25/h5-7,9,11,13,16,18H,2-4,8,10H2,1H3,(H,27,29)/t13-,16-/m1/s1. The highest BCUT2D eigenvalue weighted by atomic mass is 19.4. The zero-order valence-electron chi connectivity index (χ0n) is 15.8. The Bertz CT molecular complexity index is 862. The van der Waals surface area contributed by atoms with E-state index in [1.807, 2.05) is 0 Å². The molecule has 0 spiro atoms. The van der Waals surface area contributed by atoms with Crippen LogP contribution >= 0.6 is 0 Å². The summed E-state index contributed by atoms with van der Waals surface area (Å²) in [7, 11) is 1.31.